The number of methoxy groups -OCH3 is 1. The Balaban J connectivity index is 2.44. The molecule has 0 N–H and O–H groups in total. The molecule has 3 aromatic rings. The second-order valence-corrected chi connectivity index (χ2v) is 5.37. The fourth-order valence-corrected chi connectivity index (χ4v) is 2.63. The Kier molecular flexibility index (Phi) is 3.83. The van der Waals surface area contributed by atoms with Gasteiger partial charge in [0.2, 0.25) is 0 Å². The van der Waals surface area contributed by atoms with Crippen LogP contribution in [0, 0.1) is 6.92 Å². The van der Waals surface area contributed by atoms with E-state index in [4.69, 9.17) is 9.15 Å². The lowest BCUT2D eigenvalue weighted by molar-refractivity contribution is -0.139. The highest BCUT2D eigenvalue weighted by Gasteiger charge is 2.39. The molecular formula is C18H13F3O3. The highest BCUT2D eigenvalue weighted by atomic mass is 19.4. The fraction of sp³-hybridized carbons (Fsp3) is 0.167. The summed E-state index contributed by atoms with van der Waals surface area (Å²) in [5.41, 5.74) is -1.73. The molecule has 0 spiro atoms. The van der Waals surface area contributed by atoms with Crippen LogP contribution in [0.3, 0.4) is 0 Å². The molecule has 1 aromatic heterocycles. The number of halogens is 3. The van der Waals surface area contributed by atoms with Crippen molar-refractivity contribution >= 4 is 11.0 Å². The van der Waals surface area contributed by atoms with E-state index >= 15 is 0 Å². The van der Waals surface area contributed by atoms with Crippen LogP contribution in [-0.2, 0) is 6.18 Å². The lowest BCUT2D eigenvalue weighted by Gasteiger charge is -2.14. The standard InChI is InChI=1S/C18H13F3O3/c1-10-3-8-14-13(9-10)15(11-4-6-12(23-2)7-5-11)16(17(22)24-14)18(19,20)21/h3-9H,1-2H3. The maximum atomic E-state index is 13.5. The fourth-order valence-electron chi connectivity index (χ4n) is 2.63. The normalized spacial score (nSPS) is 11.7. The summed E-state index contributed by atoms with van der Waals surface area (Å²) in [5, 5.41) is 0.243. The van der Waals surface area contributed by atoms with Gasteiger partial charge >= 0.3 is 11.8 Å². The van der Waals surface area contributed by atoms with Crippen LogP contribution < -0.4 is 10.4 Å². The number of benzene rings is 2. The molecule has 0 radical (unpaired) electrons. The van der Waals surface area contributed by atoms with E-state index in [1.807, 2.05) is 0 Å². The number of aryl methyl sites for hydroxylation is 1. The first-order valence-corrected chi connectivity index (χ1v) is 7.10. The van der Waals surface area contributed by atoms with Crippen LogP contribution in [0.15, 0.2) is 51.7 Å². The SMILES string of the molecule is COc1ccc(-c2c(C(F)(F)F)c(=O)oc3ccc(C)cc23)cc1. The van der Waals surface area contributed by atoms with Gasteiger partial charge < -0.3 is 9.15 Å². The average molecular weight is 334 g/mol. The topological polar surface area (TPSA) is 39.4 Å². The summed E-state index contributed by atoms with van der Waals surface area (Å²) in [6, 6.07) is 10.8. The molecule has 0 aliphatic carbocycles. The van der Waals surface area contributed by atoms with Crippen molar-refractivity contribution in [3.63, 3.8) is 0 Å². The molecule has 2 aromatic carbocycles. The minimum absolute atomic E-state index is 0.115. The minimum Gasteiger partial charge on any atom is -0.497 e. The van der Waals surface area contributed by atoms with Crippen molar-refractivity contribution in [1.82, 2.24) is 0 Å². The molecule has 3 nitrogen and oxygen atoms in total. The quantitative estimate of drug-likeness (QED) is 0.632. The molecule has 0 atom stereocenters. The summed E-state index contributed by atoms with van der Waals surface area (Å²) in [6.07, 6.45) is -4.83. The summed E-state index contributed by atoms with van der Waals surface area (Å²) >= 11 is 0. The molecule has 0 saturated carbocycles. The van der Waals surface area contributed by atoms with Crippen LogP contribution in [0.1, 0.15) is 11.1 Å². The monoisotopic (exact) mass is 334 g/mol. The van der Waals surface area contributed by atoms with E-state index in [0.717, 1.165) is 5.56 Å². The second-order valence-electron chi connectivity index (χ2n) is 5.37. The van der Waals surface area contributed by atoms with Crippen LogP contribution >= 0.6 is 0 Å². The van der Waals surface area contributed by atoms with Crippen molar-refractivity contribution in [1.29, 1.82) is 0 Å². The van der Waals surface area contributed by atoms with Crippen molar-refractivity contribution in [3.05, 3.63) is 64.0 Å². The smallest absolute Gasteiger partial charge is 0.424 e. The Bertz CT molecular complexity index is 954. The average Bonchev–Trinajstić information content (AvgIpc) is 2.53. The Morgan fingerprint density at radius 3 is 2.29 bits per heavy atom. The predicted octanol–water partition coefficient (Wildman–Crippen LogP) is 4.80. The molecule has 0 amide bonds. The Hall–Kier alpha value is -2.76. The predicted molar refractivity (Wildman–Crippen MR) is 84.2 cm³/mol. The van der Waals surface area contributed by atoms with E-state index in [9.17, 15) is 18.0 Å². The Morgan fingerprint density at radius 1 is 1.04 bits per heavy atom. The number of hydrogen-bond donors (Lipinski definition) is 0. The van der Waals surface area contributed by atoms with Gasteiger partial charge in [0.1, 0.15) is 16.9 Å². The van der Waals surface area contributed by atoms with Gasteiger partial charge in [-0.3, -0.25) is 0 Å². The number of fused-ring (bicyclic) bond motifs is 1. The van der Waals surface area contributed by atoms with E-state index < -0.39 is 17.4 Å². The summed E-state index contributed by atoms with van der Waals surface area (Å²) < 4.78 is 50.4. The van der Waals surface area contributed by atoms with Gasteiger partial charge in [0.25, 0.3) is 0 Å². The van der Waals surface area contributed by atoms with Crippen LogP contribution in [-0.4, -0.2) is 7.11 Å². The molecule has 0 saturated heterocycles. The molecule has 3 rings (SSSR count). The van der Waals surface area contributed by atoms with E-state index in [2.05, 4.69) is 0 Å². The van der Waals surface area contributed by atoms with Crippen LogP contribution in [0.2, 0.25) is 0 Å². The Labute approximate surface area is 135 Å². The van der Waals surface area contributed by atoms with E-state index in [1.165, 1.54) is 25.3 Å². The largest absolute Gasteiger partial charge is 0.497 e. The highest BCUT2D eigenvalue weighted by molar-refractivity contribution is 5.95. The van der Waals surface area contributed by atoms with Gasteiger partial charge in [-0.15, -0.1) is 0 Å². The first-order valence-electron chi connectivity index (χ1n) is 7.10. The van der Waals surface area contributed by atoms with Gasteiger partial charge in [-0.25, -0.2) is 4.79 Å². The van der Waals surface area contributed by atoms with Crippen LogP contribution in [0.25, 0.3) is 22.1 Å². The van der Waals surface area contributed by atoms with Gasteiger partial charge in [0, 0.05) is 10.9 Å². The second kappa shape index (κ2) is 5.70. The van der Waals surface area contributed by atoms with Crippen LogP contribution in [0.5, 0.6) is 5.75 Å². The first kappa shape index (κ1) is 16.1. The molecule has 0 aliphatic heterocycles. The lowest BCUT2D eigenvalue weighted by Crippen LogP contribution is -2.20. The molecule has 0 unspecified atom stereocenters. The molecule has 0 bridgehead atoms. The van der Waals surface area contributed by atoms with E-state index in [0.29, 0.717) is 5.75 Å². The molecule has 0 aliphatic rings. The number of rotatable bonds is 2. The summed E-state index contributed by atoms with van der Waals surface area (Å²) in [6.45, 7) is 1.76. The van der Waals surface area contributed by atoms with Gasteiger partial charge in [-0.2, -0.15) is 13.2 Å². The van der Waals surface area contributed by atoms with Crippen LogP contribution in [0.4, 0.5) is 13.2 Å². The zero-order valence-electron chi connectivity index (χ0n) is 12.9. The zero-order valence-corrected chi connectivity index (χ0v) is 12.9. The zero-order chi connectivity index (χ0) is 17.5. The lowest BCUT2D eigenvalue weighted by atomic mass is 9.96. The third-order valence-corrected chi connectivity index (χ3v) is 3.72. The third-order valence-electron chi connectivity index (χ3n) is 3.72. The van der Waals surface area contributed by atoms with Gasteiger partial charge in [-0.1, -0.05) is 23.8 Å². The highest BCUT2D eigenvalue weighted by Crippen LogP contribution is 2.39. The van der Waals surface area contributed by atoms with E-state index in [1.54, 1.807) is 31.2 Å². The van der Waals surface area contributed by atoms with Gasteiger partial charge in [0.05, 0.1) is 7.11 Å². The Morgan fingerprint density at radius 2 is 1.71 bits per heavy atom. The van der Waals surface area contributed by atoms with E-state index in [-0.39, 0.29) is 22.1 Å². The van der Waals surface area contributed by atoms with Crippen molar-refractivity contribution in [2.24, 2.45) is 0 Å². The van der Waals surface area contributed by atoms with Gasteiger partial charge in [0.15, 0.2) is 0 Å². The third kappa shape index (κ3) is 2.75. The number of ether oxygens (including phenoxy) is 1. The summed E-state index contributed by atoms with van der Waals surface area (Å²) in [4.78, 5) is 12.0. The first-order chi connectivity index (χ1) is 11.3. The van der Waals surface area contributed by atoms with Crippen molar-refractivity contribution < 1.29 is 22.3 Å². The molecule has 1 heterocycles. The van der Waals surface area contributed by atoms with Gasteiger partial charge in [-0.05, 0) is 36.8 Å². The van der Waals surface area contributed by atoms with Crippen molar-refractivity contribution in [2.45, 2.75) is 13.1 Å². The minimum atomic E-state index is -4.83. The molecule has 24 heavy (non-hydrogen) atoms. The molecule has 6 heteroatoms. The summed E-state index contributed by atoms with van der Waals surface area (Å²) in [7, 11) is 1.46. The maximum Gasteiger partial charge on any atom is 0.424 e. The summed E-state index contributed by atoms with van der Waals surface area (Å²) in [5.74, 6) is 0.510. The molecule has 124 valence electrons. The molecular weight excluding hydrogens is 321 g/mol. The number of alkyl halides is 3. The number of hydrogen-bond acceptors (Lipinski definition) is 3. The van der Waals surface area contributed by atoms with Crippen molar-refractivity contribution in [2.75, 3.05) is 7.11 Å². The maximum absolute atomic E-state index is 13.5. The van der Waals surface area contributed by atoms with Crippen molar-refractivity contribution in [3.8, 4) is 16.9 Å². The molecule has 0 fully saturated rings.